The largest absolute Gasteiger partial charge is 0.508 e. The topological polar surface area (TPSA) is 181 Å². The second-order valence-corrected chi connectivity index (χ2v) is 12.6. The fraction of sp³-hybridized carbons (Fsp3) is 0.464. The summed E-state index contributed by atoms with van der Waals surface area (Å²) in [5, 5.41) is 22.9. The van der Waals surface area contributed by atoms with E-state index in [0.717, 1.165) is 53.7 Å². The lowest BCUT2D eigenvalue weighted by atomic mass is 9.77. The number of nitrogens with zero attached hydrogens (tertiary/aromatic N) is 3. The van der Waals surface area contributed by atoms with E-state index in [9.17, 15) is 18.3 Å². The molecular formula is C28H35N7O6S. The summed E-state index contributed by atoms with van der Waals surface area (Å²) in [6.07, 6.45) is 4.29. The molecule has 14 heteroatoms. The van der Waals surface area contributed by atoms with E-state index in [2.05, 4.69) is 30.2 Å². The summed E-state index contributed by atoms with van der Waals surface area (Å²) in [6.45, 7) is 4.51. The molecule has 6 rings (SSSR count). The molecule has 1 amide bonds. The first kappa shape index (κ1) is 28.4. The van der Waals surface area contributed by atoms with Crippen molar-refractivity contribution in [3.8, 4) is 17.2 Å². The first-order chi connectivity index (χ1) is 20.1. The number of anilines is 2. The molecule has 1 fully saturated rings. The lowest BCUT2D eigenvalue weighted by Gasteiger charge is -2.40. The van der Waals surface area contributed by atoms with Gasteiger partial charge in [0.2, 0.25) is 0 Å². The molecule has 0 unspecified atom stereocenters. The van der Waals surface area contributed by atoms with Crippen molar-refractivity contribution in [1.29, 1.82) is 0 Å². The summed E-state index contributed by atoms with van der Waals surface area (Å²) in [5.74, 6) is 1.88. The smallest absolute Gasteiger partial charge is 0.274 e. The highest BCUT2D eigenvalue weighted by atomic mass is 32.2. The average molecular weight is 598 g/mol. The maximum absolute atomic E-state index is 11.8. The number of carbonyl (C=O) groups excluding carboxylic acids is 1. The van der Waals surface area contributed by atoms with Gasteiger partial charge in [0, 0.05) is 36.6 Å². The van der Waals surface area contributed by atoms with E-state index in [-0.39, 0.29) is 42.7 Å². The Labute approximate surface area is 244 Å². The maximum Gasteiger partial charge on any atom is 0.274 e. The lowest BCUT2D eigenvalue weighted by molar-refractivity contribution is -0.118. The van der Waals surface area contributed by atoms with Crippen LogP contribution < -0.4 is 34.9 Å². The number of pyridine rings is 2. The number of carbonyl (C=O) groups is 1. The quantitative estimate of drug-likeness (QED) is 0.256. The second kappa shape index (κ2) is 11.5. The summed E-state index contributed by atoms with van der Waals surface area (Å²) in [6, 6.07) is 7.14. The second-order valence-electron chi connectivity index (χ2n) is 11.2. The standard InChI is InChI=1S/C28H35N7O6S/c1-16-22(36)6-5-21-26(16)27-24(13-31-21)40-9-8-35(27)14-17-2-4-20(18(10-17)11-32-42(29,38)39)30-12-19-3-7-23-28(33-19)34-25(37)15-41-23/h3,5-7,13,17-18,20,30,32,36H,2,4,8-12,14-15H2,1H3,(H2,29,38,39)(H,33,34,37)/t17-,18-,20-/m1/s1. The number of nitrogens with one attached hydrogen (secondary N) is 3. The summed E-state index contributed by atoms with van der Waals surface area (Å²) < 4.78 is 37.4. The van der Waals surface area contributed by atoms with Crippen molar-refractivity contribution in [1.82, 2.24) is 20.0 Å². The predicted octanol–water partition coefficient (Wildman–Crippen LogP) is 1.54. The molecule has 0 bridgehead atoms. The van der Waals surface area contributed by atoms with Crippen molar-refractivity contribution >= 4 is 38.5 Å². The number of phenolic OH excluding ortho intramolecular Hbond substituents is 1. The number of amides is 1. The number of aryl methyl sites for hydroxylation is 1. The lowest BCUT2D eigenvalue weighted by Crippen LogP contribution is -2.48. The molecule has 1 saturated carbocycles. The first-order valence-electron chi connectivity index (χ1n) is 14.1. The molecule has 42 heavy (non-hydrogen) atoms. The van der Waals surface area contributed by atoms with Crippen LogP contribution in [0.4, 0.5) is 11.5 Å². The molecule has 0 saturated heterocycles. The molecular weight excluding hydrogens is 562 g/mol. The van der Waals surface area contributed by atoms with Crippen molar-refractivity contribution in [3.63, 3.8) is 0 Å². The third-order valence-corrected chi connectivity index (χ3v) is 8.90. The van der Waals surface area contributed by atoms with Gasteiger partial charge < -0.3 is 30.1 Å². The van der Waals surface area contributed by atoms with Crippen molar-refractivity contribution in [2.75, 3.05) is 43.1 Å². The molecule has 3 aromatic rings. The summed E-state index contributed by atoms with van der Waals surface area (Å²) in [5.41, 5.74) is 3.24. The highest BCUT2D eigenvalue weighted by Crippen LogP contribution is 2.42. The first-order valence-corrected chi connectivity index (χ1v) is 15.6. The predicted molar refractivity (Wildman–Crippen MR) is 157 cm³/mol. The van der Waals surface area contributed by atoms with Gasteiger partial charge in [0.05, 0.1) is 29.6 Å². The Morgan fingerprint density at radius 3 is 2.88 bits per heavy atom. The van der Waals surface area contributed by atoms with Crippen molar-refractivity contribution < 1.29 is 27.8 Å². The molecule has 224 valence electrons. The summed E-state index contributed by atoms with van der Waals surface area (Å²) in [4.78, 5) is 23.1. The van der Waals surface area contributed by atoms with E-state index in [4.69, 9.17) is 14.6 Å². The number of benzene rings is 1. The van der Waals surface area contributed by atoms with Crippen LogP contribution in [0.3, 0.4) is 0 Å². The van der Waals surface area contributed by atoms with E-state index < -0.39 is 10.2 Å². The number of aromatic hydroxyl groups is 1. The summed E-state index contributed by atoms with van der Waals surface area (Å²) in [7, 11) is -3.85. The van der Waals surface area contributed by atoms with Crippen LogP contribution in [0.15, 0.2) is 30.5 Å². The molecule has 2 aliphatic heterocycles. The van der Waals surface area contributed by atoms with Gasteiger partial charge in [0.15, 0.2) is 23.9 Å². The molecule has 0 spiro atoms. The van der Waals surface area contributed by atoms with E-state index in [1.807, 2.05) is 19.1 Å². The molecule has 1 aromatic carbocycles. The molecule has 6 N–H and O–H groups in total. The number of nitrogens with two attached hydrogens (primary N) is 1. The Hall–Kier alpha value is -3.72. The van der Waals surface area contributed by atoms with Crippen LogP contribution in [-0.2, 0) is 21.5 Å². The van der Waals surface area contributed by atoms with E-state index in [1.165, 1.54) is 0 Å². The molecule has 2 aromatic heterocycles. The van der Waals surface area contributed by atoms with Crippen LogP contribution in [0, 0.1) is 18.8 Å². The Kier molecular flexibility index (Phi) is 7.79. The molecule has 13 nitrogen and oxygen atoms in total. The van der Waals surface area contributed by atoms with Gasteiger partial charge in [-0.05, 0) is 62.3 Å². The Morgan fingerprint density at radius 1 is 1.19 bits per heavy atom. The van der Waals surface area contributed by atoms with Crippen molar-refractivity contribution in [3.05, 3.63) is 41.7 Å². The third-order valence-electron chi connectivity index (χ3n) is 8.33. The minimum Gasteiger partial charge on any atom is -0.508 e. The van der Waals surface area contributed by atoms with Gasteiger partial charge in [-0.2, -0.15) is 8.42 Å². The van der Waals surface area contributed by atoms with Crippen LogP contribution in [0.2, 0.25) is 0 Å². The Morgan fingerprint density at radius 2 is 2.05 bits per heavy atom. The zero-order chi connectivity index (χ0) is 29.4. The summed E-state index contributed by atoms with van der Waals surface area (Å²) >= 11 is 0. The maximum atomic E-state index is 11.8. The van der Waals surface area contributed by atoms with Crippen LogP contribution in [0.1, 0.15) is 30.5 Å². The minimum atomic E-state index is -3.85. The molecule has 4 heterocycles. The van der Waals surface area contributed by atoms with Crippen LogP contribution in [0.5, 0.6) is 17.2 Å². The zero-order valence-corrected chi connectivity index (χ0v) is 24.1. The molecule has 0 radical (unpaired) electrons. The number of phenols is 1. The van der Waals surface area contributed by atoms with Crippen LogP contribution in [0.25, 0.3) is 10.9 Å². The van der Waals surface area contributed by atoms with Gasteiger partial charge in [0.25, 0.3) is 16.1 Å². The number of rotatable bonds is 8. The van der Waals surface area contributed by atoms with Crippen LogP contribution >= 0.6 is 0 Å². The van der Waals surface area contributed by atoms with E-state index in [1.54, 1.807) is 18.3 Å². The molecule has 1 aliphatic carbocycles. The number of hydrogen-bond acceptors (Lipinski definition) is 10. The monoisotopic (exact) mass is 597 g/mol. The van der Waals surface area contributed by atoms with Gasteiger partial charge in [-0.15, -0.1) is 0 Å². The SMILES string of the molecule is Cc1c(O)ccc2ncc3c(c12)N(C[C@@H]1CC[C@@H](NCc2ccc4c(n2)NC(=O)CO4)[C@@H](CNS(N)(=O)=O)C1)CCO3. The van der Waals surface area contributed by atoms with Crippen molar-refractivity contribution in [2.24, 2.45) is 17.0 Å². The average Bonchev–Trinajstić information content (AvgIpc) is 2.96. The normalized spacial score (nSPS) is 22.1. The number of ether oxygens (including phenoxy) is 2. The number of fused-ring (bicyclic) bond motifs is 4. The van der Waals surface area contributed by atoms with Gasteiger partial charge in [-0.25, -0.2) is 14.8 Å². The minimum absolute atomic E-state index is 0.0109. The number of aromatic nitrogens is 2. The zero-order valence-electron chi connectivity index (χ0n) is 23.3. The highest BCUT2D eigenvalue weighted by molar-refractivity contribution is 7.87. The fourth-order valence-electron chi connectivity index (χ4n) is 6.28. The molecule has 3 aliphatic rings. The van der Waals surface area contributed by atoms with E-state index >= 15 is 0 Å². The Balaban J connectivity index is 1.18. The van der Waals surface area contributed by atoms with Gasteiger partial charge in [-0.3, -0.25) is 9.78 Å². The van der Waals surface area contributed by atoms with Crippen molar-refractivity contribution in [2.45, 2.75) is 38.8 Å². The van der Waals surface area contributed by atoms with Gasteiger partial charge >= 0.3 is 0 Å². The van der Waals surface area contributed by atoms with Gasteiger partial charge in [-0.1, -0.05) is 0 Å². The van der Waals surface area contributed by atoms with E-state index in [0.29, 0.717) is 37.0 Å². The highest BCUT2D eigenvalue weighted by Gasteiger charge is 2.34. The number of hydrogen-bond donors (Lipinski definition) is 5. The molecule has 3 atom stereocenters. The van der Waals surface area contributed by atoms with Crippen LogP contribution in [-0.4, -0.2) is 68.3 Å². The van der Waals surface area contributed by atoms with Gasteiger partial charge in [0.1, 0.15) is 12.4 Å². The Bertz CT molecular complexity index is 1620. The third kappa shape index (κ3) is 6.07. The fourth-order valence-corrected chi connectivity index (χ4v) is 6.73.